The van der Waals surface area contributed by atoms with Crippen LogP contribution in [0.4, 0.5) is 10.2 Å². The van der Waals surface area contributed by atoms with Crippen molar-refractivity contribution in [1.29, 1.82) is 5.26 Å². The van der Waals surface area contributed by atoms with E-state index < -0.39 is 5.82 Å². The third-order valence-corrected chi connectivity index (χ3v) is 5.29. The molecular weight excluding hydrogens is 430 g/mol. The zero-order valence-electron chi connectivity index (χ0n) is 15.3. The quantitative estimate of drug-likeness (QED) is 0.414. The van der Waals surface area contributed by atoms with Crippen molar-refractivity contribution in [2.75, 3.05) is 12.3 Å². The highest BCUT2D eigenvalue weighted by Gasteiger charge is 2.18. The molecule has 0 amide bonds. The fourth-order valence-corrected chi connectivity index (χ4v) is 3.58. The van der Waals surface area contributed by atoms with Crippen LogP contribution in [0.15, 0.2) is 47.3 Å². The summed E-state index contributed by atoms with van der Waals surface area (Å²) in [5.41, 5.74) is 8.64. The molecule has 2 N–H and O–H groups in total. The summed E-state index contributed by atoms with van der Waals surface area (Å²) in [5, 5.41) is 9.89. The second-order valence-corrected chi connectivity index (χ2v) is 7.11. The first-order valence-electron chi connectivity index (χ1n) is 8.77. The second kappa shape index (κ2) is 8.19. The Hall–Kier alpha value is -3.34. The molecule has 0 atom stereocenters. The van der Waals surface area contributed by atoms with E-state index in [1.54, 1.807) is 30.8 Å². The van der Waals surface area contributed by atoms with Crippen LogP contribution in [0.3, 0.4) is 0 Å². The van der Waals surface area contributed by atoms with Crippen molar-refractivity contribution in [2.24, 2.45) is 0 Å². The van der Waals surface area contributed by atoms with Crippen molar-refractivity contribution in [1.82, 2.24) is 9.97 Å². The number of ether oxygens (including phenoxy) is 1. The van der Waals surface area contributed by atoms with Crippen LogP contribution in [0, 0.1) is 17.1 Å². The minimum Gasteiger partial charge on any atom is -0.486 e. The number of pyridine rings is 2. The van der Waals surface area contributed by atoms with E-state index in [4.69, 9.17) is 43.4 Å². The Labute approximate surface area is 180 Å². The molecule has 0 saturated heterocycles. The molecule has 1 aromatic carbocycles. The molecule has 3 heterocycles. The number of nitriles is 1. The Morgan fingerprint density at radius 2 is 2.00 bits per heavy atom. The van der Waals surface area contributed by atoms with Gasteiger partial charge in [0.1, 0.15) is 17.6 Å². The molecule has 0 aliphatic rings. The van der Waals surface area contributed by atoms with Gasteiger partial charge >= 0.3 is 0 Å². The zero-order chi connectivity index (χ0) is 21.3. The lowest BCUT2D eigenvalue weighted by Gasteiger charge is -2.11. The van der Waals surface area contributed by atoms with Gasteiger partial charge in [-0.2, -0.15) is 5.26 Å². The number of hydrogen-bond donors (Lipinski definition) is 1. The van der Waals surface area contributed by atoms with Crippen molar-refractivity contribution in [3.63, 3.8) is 0 Å². The Balaban J connectivity index is 1.62. The average molecular weight is 443 g/mol. The molecule has 0 unspecified atom stereocenters. The molecule has 0 aliphatic carbocycles. The van der Waals surface area contributed by atoms with Gasteiger partial charge in [-0.25, -0.2) is 14.4 Å². The van der Waals surface area contributed by atoms with E-state index in [-0.39, 0.29) is 29.6 Å². The number of rotatable bonds is 5. The first kappa shape index (κ1) is 20.0. The number of nitrogen functional groups attached to an aromatic ring is 1. The van der Waals surface area contributed by atoms with Crippen molar-refractivity contribution in [3.05, 3.63) is 70.0 Å². The third kappa shape index (κ3) is 3.63. The number of anilines is 1. The van der Waals surface area contributed by atoms with E-state index in [0.29, 0.717) is 27.2 Å². The first-order chi connectivity index (χ1) is 14.5. The predicted octanol–water partition coefficient (Wildman–Crippen LogP) is 5.41. The van der Waals surface area contributed by atoms with E-state index in [2.05, 4.69) is 9.97 Å². The van der Waals surface area contributed by atoms with Crippen molar-refractivity contribution in [3.8, 4) is 22.9 Å². The molecule has 30 heavy (non-hydrogen) atoms. The van der Waals surface area contributed by atoms with Crippen LogP contribution >= 0.6 is 23.2 Å². The summed E-state index contributed by atoms with van der Waals surface area (Å²) >= 11 is 12.1. The topological polar surface area (TPSA) is 98.0 Å². The van der Waals surface area contributed by atoms with Gasteiger partial charge in [-0.15, -0.1) is 0 Å². The van der Waals surface area contributed by atoms with Gasteiger partial charge in [-0.05, 0) is 29.8 Å². The number of nitrogens with two attached hydrogens (primary N) is 1. The molecule has 0 spiro atoms. The standard InChI is InChI=1S/C21H13Cl2FN4O2/c22-16-3-4-17(24)18(23)13(16)5-6-29-20-19-14(9-28-21(20)26)15(10-30-19)11-1-2-12(7-25)27-8-11/h1-4,8-10H,5-6H2,(H2,26,28). The van der Waals surface area contributed by atoms with E-state index >= 15 is 0 Å². The third-order valence-electron chi connectivity index (χ3n) is 4.53. The molecule has 150 valence electrons. The summed E-state index contributed by atoms with van der Waals surface area (Å²) in [7, 11) is 0. The van der Waals surface area contributed by atoms with Crippen LogP contribution in [-0.2, 0) is 6.42 Å². The smallest absolute Gasteiger partial charge is 0.205 e. The minimum absolute atomic E-state index is 0.0380. The number of furan rings is 1. The van der Waals surface area contributed by atoms with Gasteiger partial charge in [0.05, 0.1) is 23.3 Å². The highest BCUT2D eigenvalue weighted by atomic mass is 35.5. The Morgan fingerprint density at radius 3 is 2.73 bits per heavy atom. The number of nitrogens with zero attached hydrogens (tertiary/aromatic N) is 3. The number of hydrogen-bond acceptors (Lipinski definition) is 6. The van der Waals surface area contributed by atoms with Gasteiger partial charge in [0.2, 0.25) is 5.75 Å². The molecule has 4 aromatic rings. The van der Waals surface area contributed by atoms with Crippen LogP contribution in [0.2, 0.25) is 10.0 Å². The Bertz CT molecular complexity index is 1280. The number of benzene rings is 1. The molecule has 6 nitrogen and oxygen atoms in total. The molecule has 0 radical (unpaired) electrons. The fraction of sp³-hybridized carbons (Fsp3) is 0.0952. The number of aromatic nitrogens is 2. The number of fused-ring (bicyclic) bond motifs is 1. The van der Waals surface area contributed by atoms with Gasteiger partial charge in [-0.3, -0.25) is 0 Å². The van der Waals surface area contributed by atoms with E-state index in [1.807, 2.05) is 6.07 Å². The monoisotopic (exact) mass is 442 g/mol. The van der Waals surface area contributed by atoms with Crippen LogP contribution in [0.5, 0.6) is 5.75 Å². The fourth-order valence-electron chi connectivity index (χ4n) is 3.02. The molecule has 0 fully saturated rings. The minimum atomic E-state index is -0.550. The Kier molecular flexibility index (Phi) is 5.44. The lowest BCUT2D eigenvalue weighted by molar-refractivity contribution is 0.321. The molecule has 0 bridgehead atoms. The maximum absolute atomic E-state index is 13.7. The number of halogens is 3. The van der Waals surface area contributed by atoms with E-state index in [9.17, 15) is 4.39 Å². The van der Waals surface area contributed by atoms with Crippen LogP contribution in [0.1, 0.15) is 11.3 Å². The lowest BCUT2D eigenvalue weighted by atomic mass is 10.1. The van der Waals surface area contributed by atoms with Gasteiger partial charge in [-0.1, -0.05) is 23.2 Å². The second-order valence-electron chi connectivity index (χ2n) is 6.33. The maximum atomic E-state index is 13.7. The van der Waals surface area contributed by atoms with Gasteiger partial charge in [0.25, 0.3) is 0 Å². The van der Waals surface area contributed by atoms with Crippen molar-refractivity contribution >= 4 is 40.0 Å². The van der Waals surface area contributed by atoms with Crippen molar-refractivity contribution in [2.45, 2.75) is 6.42 Å². The van der Waals surface area contributed by atoms with Crippen molar-refractivity contribution < 1.29 is 13.5 Å². The summed E-state index contributed by atoms with van der Waals surface area (Å²) in [6.07, 6.45) is 4.96. The highest BCUT2D eigenvalue weighted by molar-refractivity contribution is 6.36. The summed E-state index contributed by atoms with van der Waals surface area (Å²) in [5.74, 6) is -0.132. The largest absolute Gasteiger partial charge is 0.486 e. The van der Waals surface area contributed by atoms with Crippen LogP contribution in [0.25, 0.3) is 22.1 Å². The van der Waals surface area contributed by atoms with Crippen LogP contribution in [-0.4, -0.2) is 16.6 Å². The lowest BCUT2D eigenvalue weighted by Crippen LogP contribution is -2.06. The first-order valence-corrected chi connectivity index (χ1v) is 9.52. The summed E-state index contributed by atoms with van der Waals surface area (Å²) in [4.78, 5) is 8.25. The van der Waals surface area contributed by atoms with E-state index in [0.717, 1.165) is 11.1 Å². The van der Waals surface area contributed by atoms with Gasteiger partial charge in [0, 0.05) is 35.0 Å². The zero-order valence-corrected chi connectivity index (χ0v) is 16.8. The Morgan fingerprint density at radius 1 is 1.17 bits per heavy atom. The van der Waals surface area contributed by atoms with Gasteiger partial charge in [0.15, 0.2) is 11.4 Å². The molecular formula is C21H13Cl2FN4O2. The molecule has 0 saturated carbocycles. The highest BCUT2D eigenvalue weighted by Crippen LogP contribution is 2.38. The average Bonchev–Trinajstić information content (AvgIpc) is 3.19. The molecule has 4 rings (SSSR count). The molecule has 9 heteroatoms. The summed E-state index contributed by atoms with van der Waals surface area (Å²) in [6, 6.07) is 8.01. The molecule has 0 aliphatic heterocycles. The molecule has 3 aromatic heterocycles. The summed E-state index contributed by atoms with van der Waals surface area (Å²) in [6.45, 7) is 0.127. The summed E-state index contributed by atoms with van der Waals surface area (Å²) < 4.78 is 25.2. The maximum Gasteiger partial charge on any atom is 0.205 e. The predicted molar refractivity (Wildman–Crippen MR) is 112 cm³/mol. The van der Waals surface area contributed by atoms with E-state index in [1.165, 1.54) is 12.1 Å². The van der Waals surface area contributed by atoms with Crippen LogP contribution < -0.4 is 10.5 Å². The normalized spacial score (nSPS) is 10.9. The SMILES string of the molecule is N#Cc1ccc(-c2coc3c(OCCc4c(Cl)ccc(F)c4Cl)c(N)ncc23)cn1. The van der Waals surface area contributed by atoms with Gasteiger partial charge < -0.3 is 14.9 Å².